The van der Waals surface area contributed by atoms with Crippen LogP contribution < -0.4 is 5.32 Å². The number of amides is 2. The second-order valence-electron chi connectivity index (χ2n) is 11.3. The number of nitrogens with one attached hydrogen (secondary N) is 1. The molecule has 1 N–H and O–H groups in total. The molecule has 0 spiro atoms. The standard InChI is InChI=1S/C29H32FN5O3/c1-16-17(2)25-12-23(16)26(35(25)28(37)38-29(3,4)5)27(36)34-22(14-32)10-19-7-6-18(11-24(19)30)20-8-9-21(13-31)33-15-20/h6-9,11,15-17,22-23,25-26H,10,12H2,1-5H3,(H,34,36)/t16-,17+,22+,23-,25+,26+/m1/s1. The largest absolute Gasteiger partial charge is 0.444 e. The molecule has 2 aromatic rings. The van der Waals surface area contributed by atoms with E-state index in [2.05, 4.69) is 30.2 Å². The Bertz CT molecular complexity index is 1310. The van der Waals surface area contributed by atoms with Crippen LogP contribution in [0.5, 0.6) is 0 Å². The van der Waals surface area contributed by atoms with Gasteiger partial charge in [-0.25, -0.2) is 14.2 Å². The molecule has 2 fully saturated rings. The van der Waals surface area contributed by atoms with Gasteiger partial charge in [0.2, 0.25) is 5.91 Å². The van der Waals surface area contributed by atoms with Crippen LogP contribution in [0.3, 0.4) is 0 Å². The van der Waals surface area contributed by atoms with Crippen LogP contribution >= 0.6 is 0 Å². The molecule has 2 bridgehead atoms. The number of hydrogen-bond acceptors (Lipinski definition) is 6. The predicted octanol–water partition coefficient (Wildman–Crippen LogP) is 4.59. The summed E-state index contributed by atoms with van der Waals surface area (Å²) in [6, 6.07) is 10.0. The minimum absolute atomic E-state index is 0.0286. The van der Waals surface area contributed by atoms with Crippen molar-refractivity contribution in [3.8, 4) is 23.3 Å². The first-order valence-electron chi connectivity index (χ1n) is 12.8. The highest BCUT2D eigenvalue weighted by Crippen LogP contribution is 2.50. The minimum atomic E-state index is -0.980. The number of rotatable bonds is 5. The fraction of sp³-hybridized carbons (Fsp3) is 0.483. The summed E-state index contributed by atoms with van der Waals surface area (Å²) in [5.74, 6) is -0.522. The van der Waals surface area contributed by atoms with Crippen molar-refractivity contribution in [2.24, 2.45) is 17.8 Å². The van der Waals surface area contributed by atoms with Crippen LogP contribution in [0.2, 0.25) is 0 Å². The molecule has 1 aromatic carbocycles. The highest BCUT2D eigenvalue weighted by atomic mass is 19.1. The first-order valence-corrected chi connectivity index (χ1v) is 12.8. The molecule has 1 aliphatic heterocycles. The van der Waals surface area contributed by atoms with Gasteiger partial charge in [0.15, 0.2) is 0 Å². The zero-order chi connectivity index (χ0) is 27.8. The highest BCUT2D eigenvalue weighted by Gasteiger charge is 2.58. The number of halogens is 1. The number of benzene rings is 1. The number of likely N-dealkylation sites (tertiary alicyclic amines) is 1. The molecule has 9 heteroatoms. The third-order valence-corrected chi connectivity index (χ3v) is 7.72. The Labute approximate surface area is 222 Å². The molecule has 2 aliphatic rings. The fourth-order valence-corrected chi connectivity index (χ4v) is 5.66. The zero-order valence-corrected chi connectivity index (χ0v) is 22.2. The monoisotopic (exact) mass is 517 g/mol. The second-order valence-corrected chi connectivity index (χ2v) is 11.3. The van der Waals surface area contributed by atoms with Gasteiger partial charge in [-0.05, 0) is 74.3 Å². The molecule has 1 aromatic heterocycles. The van der Waals surface area contributed by atoms with Crippen LogP contribution in [-0.2, 0) is 16.0 Å². The summed E-state index contributed by atoms with van der Waals surface area (Å²) in [7, 11) is 0. The van der Waals surface area contributed by atoms with Crippen molar-refractivity contribution in [2.45, 2.75) is 71.2 Å². The maximum Gasteiger partial charge on any atom is 0.411 e. The molecule has 2 heterocycles. The van der Waals surface area contributed by atoms with Crippen LogP contribution in [0, 0.1) is 46.2 Å². The van der Waals surface area contributed by atoms with Crippen LogP contribution in [0.1, 0.15) is 52.3 Å². The van der Waals surface area contributed by atoms with Crippen LogP contribution in [-0.4, -0.2) is 45.6 Å². The van der Waals surface area contributed by atoms with Gasteiger partial charge in [0, 0.05) is 24.2 Å². The first kappa shape index (κ1) is 27.1. The molecule has 1 aliphatic carbocycles. The lowest BCUT2D eigenvalue weighted by Gasteiger charge is -2.41. The summed E-state index contributed by atoms with van der Waals surface area (Å²) in [6.07, 6.45) is 1.64. The van der Waals surface area contributed by atoms with E-state index in [4.69, 9.17) is 10.00 Å². The number of ether oxygens (including phenoxy) is 1. The average molecular weight is 518 g/mol. The van der Waals surface area contributed by atoms with E-state index in [1.54, 1.807) is 49.9 Å². The Morgan fingerprint density at radius 1 is 1.18 bits per heavy atom. The Kier molecular flexibility index (Phi) is 7.42. The molecular formula is C29H32FN5O3. The smallest absolute Gasteiger partial charge is 0.411 e. The van der Waals surface area contributed by atoms with Crippen LogP contribution in [0.25, 0.3) is 11.1 Å². The first-order chi connectivity index (χ1) is 17.9. The number of pyridine rings is 1. The van der Waals surface area contributed by atoms with E-state index in [9.17, 15) is 19.2 Å². The summed E-state index contributed by atoms with van der Waals surface area (Å²) in [6.45, 7) is 9.51. The van der Waals surface area contributed by atoms with Gasteiger partial charge in [-0.3, -0.25) is 9.69 Å². The summed E-state index contributed by atoms with van der Waals surface area (Å²) in [5.41, 5.74) is 1.08. The number of hydrogen-bond donors (Lipinski definition) is 1. The zero-order valence-electron chi connectivity index (χ0n) is 22.2. The van der Waals surface area contributed by atoms with Gasteiger partial charge in [-0.2, -0.15) is 10.5 Å². The molecule has 38 heavy (non-hydrogen) atoms. The minimum Gasteiger partial charge on any atom is -0.444 e. The molecule has 1 saturated heterocycles. The van der Waals surface area contributed by atoms with E-state index >= 15 is 0 Å². The highest BCUT2D eigenvalue weighted by molar-refractivity contribution is 5.88. The SMILES string of the molecule is C[C@@H]1[C@H](C)[C@@H]2C[C@H]1[C@@H](C(=O)N[C@H](C#N)Cc1ccc(-c3ccc(C#N)nc3)cc1F)N2C(=O)OC(C)(C)C. The van der Waals surface area contributed by atoms with Crippen molar-refractivity contribution in [3.05, 3.63) is 53.6 Å². The third-order valence-electron chi connectivity index (χ3n) is 7.72. The van der Waals surface area contributed by atoms with Gasteiger partial charge in [0.1, 0.15) is 35.3 Å². The van der Waals surface area contributed by atoms with E-state index in [0.29, 0.717) is 17.5 Å². The molecule has 2 amide bonds. The maximum absolute atomic E-state index is 15.0. The summed E-state index contributed by atoms with van der Waals surface area (Å²) < 4.78 is 20.6. The molecule has 1 saturated carbocycles. The molecule has 6 atom stereocenters. The second kappa shape index (κ2) is 10.4. The topological polar surface area (TPSA) is 119 Å². The molecule has 0 unspecified atom stereocenters. The number of piperidine rings is 1. The van der Waals surface area contributed by atoms with Gasteiger partial charge in [0.25, 0.3) is 0 Å². The Morgan fingerprint density at radius 2 is 1.89 bits per heavy atom. The number of carbonyl (C=O) groups excluding carboxylic acids is 2. The molecule has 4 rings (SSSR count). The molecule has 8 nitrogen and oxygen atoms in total. The van der Waals surface area contributed by atoms with Crippen molar-refractivity contribution < 1.29 is 18.7 Å². The lowest BCUT2D eigenvalue weighted by atomic mass is 9.83. The number of nitrogens with zero attached hydrogens (tertiary/aromatic N) is 4. The quantitative estimate of drug-likeness (QED) is 0.620. The summed E-state index contributed by atoms with van der Waals surface area (Å²) in [4.78, 5) is 32.1. The molecule has 0 radical (unpaired) electrons. The van der Waals surface area contributed by atoms with Gasteiger partial charge in [-0.15, -0.1) is 0 Å². The lowest BCUT2D eigenvalue weighted by Crippen LogP contribution is -2.58. The van der Waals surface area contributed by atoms with E-state index in [1.807, 2.05) is 6.07 Å². The maximum atomic E-state index is 15.0. The van der Waals surface area contributed by atoms with Crippen molar-refractivity contribution >= 4 is 12.0 Å². The molecular weight excluding hydrogens is 485 g/mol. The van der Waals surface area contributed by atoms with Crippen molar-refractivity contribution in [1.82, 2.24) is 15.2 Å². The van der Waals surface area contributed by atoms with Gasteiger partial charge in [-0.1, -0.05) is 26.0 Å². The Hall–Kier alpha value is -3.98. The molecule has 198 valence electrons. The van der Waals surface area contributed by atoms with E-state index in [-0.39, 0.29) is 41.5 Å². The summed E-state index contributed by atoms with van der Waals surface area (Å²) >= 11 is 0. The fourth-order valence-electron chi connectivity index (χ4n) is 5.66. The predicted molar refractivity (Wildman–Crippen MR) is 138 cm³/mol. The lowest BCUT2D eigenvalue weighted by molar-refractivity contribution is -0.130. The average Bonchev–Trinajstić information content (AvgIpc) is 3.40. The number of carbonyl (C=O) groups is 2. The summed E-state index contributed by atoms with van der Waals surface area (Å²) in [5, 5.41) is 21.4. The van der Waals surface area contributed by atoms with E-state index < -0.39 is 35.5 Å². The van der Waals surface area contributed by atoms with Gasteiger partial charge in [0.05, 0.1) is 6.07 Å². The van der Waals surface area contributed by atoms with E-state index in [0.717, 1.165) is 0 Å². The third kappa shape index (κ3) is 5.33. The van der Waals surface area contributed by atoms with Crippen molar-refractivity contribution in [3.63, 3.8) is 0 Å². The number of aromatic nitrogens is 1. The van der Waals surface area contributed by atoms with Gasteiger partial charge < -0.3 is 10.1 Å². The van der Waals surface area contributed by atoms with Crippen molar-refractivity contribution in [2.75, 3.05) is 0 Å². The number of fused-ring (bicyclic) bond motifs is 2. The Morgan fingerprint density at radius 3 is 2.47 bits per heavy atom. The number of nitriles is 2. The van der Waals surface area contributed by atoms with Crippen LogP contribution in [0.4, 0.5) is 9.18 Å². The van der Waals surface area contributed by atoms with Crippen molar-refractivity contribution in [1.29, 1.82) is 10.5 Å². The normalized spacial score (nSPS) is 24.8. The van der Waals surface area contributed by atoms with Crippen LogP contribution in [0.15, 0.2) is 36.5 Å². The van der Waals surface area contributed by atoms with Gasteiger partial charge >= 0.3 is 6.09 Å². The Balaban J connectivity index is 1.49. The van der Waals surface area contributed by atoms with E-state index in [1.165, 1.54) is 12.3 Å².